The number of hydrogen-bond donors (Lipinski definition) is 1. The van der Waals surface area contributed by atoms with Gasteiger partial charge in [-0.15, -0.1) is 0 Å². The van der Waals surface area contributed by atoms with Crippen LogP contribution in [-0.2, 0) is 9.47 Å². The maximum atomic E-state index is 9.70. The quantitative estimate of drug-likeness (QED) is 0.447. The molecule has 0 saturated carbocycles. The second kappa shape index (κ2) is 15.0. The fourth-order valence-electron chi connectivity index (χ4n) is 2.99. The predicted octanol–water partition coefficient (Wildman–Crippen LogP) is 0.852. The van der Waals surface area contributed by atoms with Gasteiger partial charge in [0.15, 0.2) is 0 Å². The summed E-state index contributed by atoms with van der Waals surface area (Å²) in [7, 11) is 9.81. The molecule has 0 aliphatic rings. The summed E-state index contributed by atoms with van der Waals surface area (Å²) >= 11 is 0. The molecule has 0 aliphatic heterocycles. The van der Waals surface area contributed by atoms with E-state index in [1.807, 2.05) is 0 Å². The number of likely N-dealkylation sites (N-methyl/N-ethyl adjacent to an activating group) is 1. The van der Waals surface area contributed by atoms with Crippen molar-refractivity contribution in [1.82, 2.24) is 14.7 Å². The summed E-state index contributed by atoms with van der Waals surface area (Å²) < 4.78 is 10.1. The van der Waals surface area contributed by atoms with E-state index in [4.69, 9.17) is 9.47 Å². The molecule has 0 aliphatic carbocycles. The zero-order chi connectivity index (χ0) is 18.4. The van der Waals surface area contributed by atoms with E-state index in [2.05, 4.69) is 42.8 Å². The molecule has 0 aromatic heterocycles. The van der Waals surface area contributed by atoms with Crippen LogP contribution >= 0.6 is 0 Å². The number of rotatable bonds is 16. The summed E-state index contributed by atoms with van der Waals surface area (Å²) in [6.07, 6.45) is 1.91. The highest BCUT2D eigenvalue weighted by atomic mass is 16.5. The fourth-order valence-corrected chi connectivity index (χ4v) is 2.99. The third-order valence-corrected chi connectivity index (χ3v) is 4.12. The van der Waals surface area contributed by atoms with Gasteiger partial charge in [0.25, 0.3) is 0 Å². The third-order valence-electron chi connectivity index (χ3n) is 4.12. The van der Waals surface area contributed by atoms with Crippen LogP contribution in [0.3, 0.4) is 0 Å². The van der Waals surface area contributed by atoms with E-state index in [9.17, 15) is 5.11 Å². The van der Waals surface area contributed by atoms with Gasteiger partial charge in [0.1, 0.15) is 0 Å². The summed E-state index contributed by atoms with van der Waals surface area (Å²) in [6.45, 7) is 9.56. The van der Waals surface area contributed by atoms with Crippen molar-refractivity contribution in [3.05, 3.63) is 0 Å². The third kappa shape index (κ3) is 14.1. The van der Waals surface area contributed by atoms with Crippen molar-refractivity contribution in [2.45, 2.75) is 25.9 Å². The lowest BCUT2D eigenvalue weighted by Crippen LogP contribution is -2.34. The minimum atomic E-state index is -0.395. The molecule has 0 aromatic carbocycles. The zero-order valence-electron chi connectivity index (χ0n) is 16.8. The Morgan fingerprint density at radius 1 is 0.750 bits per heavy atom. The molecule has 6 nitrogen and oxygen atoms in total. The van der Waals surface area contributed by atoms with Crippen LogP contribution in [0.15, 0.2) is 0 Å². The molecule has 0 radical (unpaired) electrons. The van der Waals surface area contributed by atoms with Gasteiger partial charge in [-0.2, -0.15) is 0 Å². The molecule has 24 heavy (non-hydrogen) atoms. The van der Waals surface area contributed by atoms with Crippen LogP contribution in [0.2, 0.25) is 0 Å². The summed E-state index contributed by atoms with van der Waals surface area (Å²) in [6, 6.07) is 0. The first-order chi connectivity index (χ1) is 11.4. The molecule has 146 valence electrons. The van der Waals surface area contributed by atoms with Crippen LogP contribution in [0, 0.1) is 5.92 Å². The van der Waals surface area contributed by atoms with Crippen LogP contribution < -0.4 is 0 Å². The van der Waals surface area contributed by atoms with Crippen molar-refractivity contribution in [2.75, 3.05) is 87.8 Å². The molecule has 0 fully saturated rings. The van der Waals surface area contributed by atoms with E-state index < -0.39 is 6.10 Å². The normalized spacial score (nSPS) is 14.8. The first-order valence-electron chi connectivity index (χ1n) is 9.10. The number of aliphatic hydroxyl groups is 1. The maximum Gasteiger partial charge on any atom is 0.0899 e. The largest absolute Gasteiger partial charge is 0.389 e. The number of aliphatic hydroxyl groups excluding tert-OH is 1. The van der Waals surface area contributed by atoms with Gasteiger partial charge in [-0.1, -0.05) is 6.92 Å². The van der Waals surface area contributed by atoms with Crippen molar-refractivity contribution < 1.29 is 14.6 Å². The Hall–Kier alpha value is -0.240. The van der Waals surface area contributed by atoms with Crippen LogP contribution in [0.25, 0.3) is 0 Å². The van der Waals surface area contributed by atoms with E-state index in [1.54, 1.807) is 14.2 Å². The van der Waals surface area contributed by atoms with Crippen LogP contribution in [-0.4, -0.2) is 114 Å². The van der Waals surface area contributed by atoms with Crippen molar-refractivity contribution in [1.29, 1.82) is 0 Å². The van der Waals surface area contributed by atoms with E-state index >= 15 is 0 Å². The Kier molecular flexibility index (Phi) is 14.9. The van der Waals surface area contributed by atoms with Gasteiger partial charge in [-0.05, 0) is 66.1 Å². The molecule has 0 rings (SSSR count). The van der Waals surface area contributed by atoms with Gasteiger partial charge in [-0.25, -0.2) is 0 Å². The molecule has 0 spiro atoms. The highest BCUT2D eigenvalue weighted by Gasteiger charge is 2.09. The Labute approximate surface area is 149 Å². The monoisotopic (exact) mass is 347 g/mol. The topological polar surface area (TPSA) is 48.4 Å². The number of hydrogen-bond acceptors (Lipinski definition) is 6. The molecule has 0 amide bonds. The molecule has 0 bridgehead atoms. The second-order valence-electron chi connectivity index (χ2n) is 7.20. The van der Waals surface area contributed by atoms with Gasteiger partial charge >= 0.3 is 0 Å². The highest BCUT2D eigenvalue weighted by Crippen LogP contribution is 2.00. The molecule has 2 atom stereocenters. The Balaban J connectivity index is 3.63. The highest BCUT2D eigenvalue weighted by molar-refractivity contribution is 4.63. The molecular weight excluding hydrogens is 306 g/mol. The SMILES string of the molecule is COCC(C)CN(C)CCCN(C)CCCN(C)CC(O)COC. The van der Waals surface area contributed by atoms with Gasteiger partial charge in [0.05, 0.1) is 12.7 Å². The number of nitrogens with zero attached hydrogens (tertiary/aromatic N) is 3. The van der Waals surface area contributed by atoms with Crippen molar-refractivity contribution >= 4 is 0 Å². The Morgan fingerprint density at radius 2 is 1.21 bits per heavy atom. The van der Waals surface area contributed by atoms with Crippen molar-refractivity contribution in [3.8, 4) is 0 Å². The fraction of sp³-hybridized carbons (Fsp3) is 1.00. The predicted molar refractivity (Wildman–Crippen MR) is 101 cm³/mol. The first kappa shape index (κ1) is 23.8. The lowest BCUT2D eigenvalue weighted by molar-refractivity contribution is 0.0427. The minimum Gasteiger partial charge on any atom is -0.389 e. The summed E-state index contributed by atoms with van der Waals surface area (Å²) in [4.78, 5) is 6.96. The van der Waals surface area contributed by atoms with E-state index in [1.165, 1.54) is 6.42 Å². The van der Waals surface area contributed by atoms with Gasteiger partial charge < -0.3 is 29.3 Å². The molecule has 0 heterocycles. The average Bonchev–Trinajstić information content (AvgIpc) is 2.47. The summed E-state index contributed by atoms with van der Waals surface area (Å²) in [5, 5.41) is 9.70. The van der Waals surface area contributed by atoms with Gasteiger partial charge in [0.2, 0.25) is 0 Å². The van der Waals surface area contributed by atoms with Crippen molar-refractivity contribution in [3.63, 3.8) is 0 Å². The molecule has 0 aromatic rings. The summed E-state index contributed by atoms with van der Waals surface area (Å²) in [5.41, 5.74) is 0. The van der Waals surface area contributed by atoms with Crippen molar-refractivity contribution in [2.24, 2.45) is 5.92 Å². The van der Waals surface area contributed by atoms with E-state index in [-0.39, 0.29) is 0 Å². The van der Waals surface area contributed by atoms with Crippen LogP contribution in [0.4, 0.5) is 0 Å². The molecule has 1 N–H and O–H groups in total. The smallest absolute Gasteiger partial charge is 0.0899 e. The standard InChI is InChI=1S/C18H41N3O3/c1-17(15-23-5)13-20(3)11-7-9-19(2)10-8-12-21(4)14-18(22)16-24-6/h17-18,22H,7-16H2,1-6H3. The van der Waals surface area contributed by atoms with Crippen LogP contribution in [0.1, 0.15) is 19.8 Å². The van der Waals surface area contributed by atoms with E-state index in [0.29, 0.717) is 19.1 Å². The van der Waals surface area contributed by atoms with Gasteiger partial charge in [-0.3, -0.25) is 0 Å². The Morgan fingerprint density at radius 3 is 1.71 bits per heavy atom. The average molecular weight is 348 g/mol. The summed E-state index contributed by atoms with van der Waals surface area (Å²) in [5.74, 6) is 0.585. The molecular formula is C18H41N3O3. The Bertz CT molecular complexity index is 256. The number of methoxy groups -OCH3 is 2. The molecule has 2 unspecified atom stereocenters. The first-order valence-corrected chi connectivity index (χ1v) is 9.10. The molecule has 6 heteroatoms. The number of ether oxygens (including phenoxy) is 2. The lowest BCUT2D eigenvalue weighted by Gasteiger charge is -2.24. The maximum absolute atomic E-state index is 9.70. The van der Waals surface area contributed by atoms with Gasteiger partial charge in [0, 0.05) is 33.9 Å². The lowest BCUT2D eigenvalue weighted by atomic mass is 10.2. The molecule has 0 saturated heterocycles. The second-order valence-corrected chi connectivity index (χ2v) is 7.20. The minimum absolute atomic E-state index is 0.395. The van der Waals surface area contributed by atoms with E-state index in [0.717, 1.165) is 45.8 Å². The van der Waals surface area contributed by atoms with Crippen LogP contribution in [0.5, 0.6) is 0 Å². The zero-order valence-corrected chi connectivity index (χ0v) is 16.8.